The van der Waals surface area contributed by atoms with Crippen molar-refractivity contribution >= 4 is 11.8 Å². The molecule has 1 aromatic carbocycles. The largest absolute Gasteiger partial charge is 0.0781 e. The van der Waals surface area contributed by atoms with Crippen LogP contribution in [0.5, 0.6) is 0 Å². The second-order valence-electron chi connectivity index (χ2n) is 2.24. The van der Waals surface area contributed by atoms with E-state index in [0.717, 1.165) is 5.56 Å². The molecule has 0 N–H and O–H groups in total. The van der Waals surface area contributed by atoms with Gasteiger partial charge in [0.2, 0.25) is 0 Å². The first kappa shape index (κ1) is 6.82. The van der Waals surface area contributed by atoms with Crippen molar-refractivity contribution in [2.45, 2.75) is 6.92 Å². The Morgan fingerprint density at radius 1 is 1.36 bits per heavy atom. The van der Waals surface area contributed by atoms with Gasteiger partial charge >= 0.3 is 0 Å². The van der Waals surface area contributed by atoms with E-state index >= 15 is 0 Å². The molecule has 0 saturated heterocycles. The molecule has 56 valence electrons. The van der Waals surface area contributed by atoms with Crippen LogP contribution in [0.4, 0.5) is 0 Å². The zero-order valence-electron chi connectivity index (χ0n) is 7.42. The van der Waals surface area contributed by atoms with Gasteiger partial charge in [0.25, 0.3) is 0 Å². The highest BCUT2D eigenvalue weighted by Gasteiger charge is 1.84. The summed E-state index contributed by atoms with van der Waals surface area (Å²) in [5.74, 6) is 2.97. The summed E-state index contributed by atoms with van der Waals surface area (Å²) in [6.07, 6.45) is 0.304. The molecule has 1 aromatic rings. The number of hydrogen-bond acceptors (Lipinski definition) is 1. The van der Waals surface area contributed by atoms with E-state index in [1.165, 1.54) is 17.3 Å². The quantitative estimate of drug-likeness (QED) is 0.531. The number of aryl methyl sites for hydroxylation is 1. The lowest BCUT2D eigenvalue weighted by Crippen LogP contribution is -1.73. The van der Waals surface area contributed by atoms with Crippen molar-refractivity contribution in [1.82, 2.24) is 0 Å². The van der Waals surface area contributed by atoms with Crippen LogP contribution >= 0.6 is 11.8 Å². The summed E-state index contributed by atoms with van der Waals surface area (Å²) in [6, 6.07) is 8.06. The SMILES string of the molecule is [3H]CSC#Cc1ccc(C)cc1. The molecular weight excluding hydrogens is 152 g/mol. The van der Waals surface area contributed by atoms with E-state index in [0.29, 0.717) is 6.23 Å². The predicted molar refractivity (Wildman–Crippen MR) is 51.6 cm³/mol. The number of hydrogen-bond donors (Lipinski definition) is 0. The molecule has 0 atom stereocenters. The van der Waals surface area contributed by atoms with E-state index in [-0.39, 0.29) is 0 Å². The number of rotatable bonds is 0. The summed E-state index contributed by atoms with van der Waals surface area (Å²) in [5, 5.41) is 2.85. The Hall–Kier alpha value is -0.870. The van der Waals surface area contributed by atoms with Crippen LogP contribution in [0.1, 0.15) is 12.5 Å². The molecule has 0 amide bonds. The van der Waals surface area contributed by atoms with E-state index in [2.05, 4.69) is 18.1 Å². The molecule has 0 heterocycles. The summed E-state index contributed by atoms with van der Waals surface area (Å²) in [7, 11) is 0. The molecule has 0 unspecified atom stereocenters. The first-order chi connectivity index (χ1) is 5.83. The molecule has 1 rings (SSSR count). The summed E-state index contributed by atoms with van der Waals surface area (Å²) in [6.45, 7) is 2.05. The standard InChI is InChI=1S/C10H10S/c1-9-3-5-10(6-4-9)7-8-11-2/h3-6H,1-2H3/i2T. The number of thioether (sulfide) groups is 1. The Morgan fingerprint density at radius 2 is 2.09 bits per heavy atom. The molecule has 0 spiro atoms. The lowest BCUT2D eigenvalue weighted by molar-refractivity contribution is 1.46. The highest BCUT2D eigenvalue weighted by Crippen LogP contribution is 2.01. The van der Waals surface area contributed by atoms with Gasteiger partial charge in [-0.1, -0.05) is 35.4 Å². The molecule has 11 heavy (non-hydrogen) atoms. The average molecular weight is 164 g/mol. The Morgan fingerprint density at radius 3 is 2.73 bits per heavy atom. The van der Waals surface area contributed by atoms with Gasteiger partial charge in [-0.25, -0.2) is 0 Å². The van der Waals surface area contributed by atoms with Gasteiger partial charge in [0.1, 0.15) is 0 Å². The Balaban J connectivity index is 2.66. The van der Waals surface area contributed by atoms with Crippen molar-refractivity contribution in [2.24, 2.45) is 0 Å². The van der Waals surface area contributed by atoms with Crippen molar-refractivity contribution in [3.8, 4) is 11.2 Å². The van der Waals surface area contributed by atoms with E-state index in [1.54, 1.807) is 0 Å². The lowest BCUT2D eigenvalue weighted by Gasteiger charge is -1.90. The summed E-state index contributed by atoms with van der Waals surface area (Å²) >= 11 is 1.31. The van der Waals surface area contributed by atoms with E-state index in [9.17, 15) is 0 Å². The third-order valence-corrected chi connectivity index (χ3v) is 1.57. The molecule has 0 radical (unpaired) electrons. The zero-order valence-corrected chi connectivity index (χ0v) is 7.24. The number of benzene rings is 1. The topological polar surface area (TPSA) is 0 Å². The van der Waals surface area contributed by atoms with Gasteiger partial charge in [0.05, 0.1) is 0 Å². The van der Waals surface area contributed by atoms with Gasteiger partial charge in [-0.3, -0.25) is 0 Å². The Labute approximate surface area is 73.4 Å². The molecule has 0 fully saturated rings. The van der Waals surface area contributed by atoms with E-state index < -0.39 is 0 Å². The summed E-state index contributed by atoms with van der Waals surface area (Å²) < 4.78 is 6.86. The fourth-order valence-corrected chi connectivity index (χ4v) is 0.922. The molecular formula is C10H10S. The molecule has 0 aliphatic rings. The van der Waals surface area contributed by atoms with Crippen LogP contribution in [0.2, 0.25) is 0 Å². The maximum absolute atomic E-state index is 6.86. The minimum atomic E-state index is 0.304. The monoisotopic (exact) mass is 164 g/mol. The van der Waals surface area contributed by atoms with Crippen LogP contribution in [0, 0.1) is 18.1 Å². The van der Waals surface area contributed by atoms with Crippen LogP contribution in [0.15, 0.2) is 24.3 Å². The summed E-state index contributed by atoms with van der Waals surface area (Å²) in [4.78, 5) is 0. The normalized spacial score (nSPS) is 9.73. The first-order valence-electron chi connectivity index (χ1n) is 4.02. The average Bonchev–Trinajstić information content (AvgIpc) is 2.09. The van der Waals surface area contributed by atoms with Gasteiger partial charge < -0.3 is 0 Å². The van der Waals surface area contributed by atoms with Crippen molar-refractivity contribution < 1.29 is 1.37 Å². The third kappa shape index (κ3) is 2.69. The minimum absolute atomic E-state index is 0.304. The van der Waals surface area contributed by atoms with Gasteiger partial charge in [-0.15, -0.1) is 0 Å². The maximum Gasteiger partial charge on any atom is 0.0354 e. The van der Waals surface area contributed by atoms with Crippen LogP contribution in [0.3, 0.4) is 0 Å². The van der Waals surface area contributed by atoms with Crippen molar-refractivity contribution in [3.05, 3.63) is 35.4 Å². The Bertz CT molecular complexity index is 292. The molecule has 0 bridgehead atoms. The van der Waals surface area contributed by atoms with Gasteiger partial charge in [0, 0.05) is 6.93 Å². The molecule has 0 nitrogen and oxygen atoms in total. The minimum Gasteiger partial charge on any atom is -0.0781 e. The maximum atomic E-state index is 6.86. The van der Waals surface area contributed by atoms with Crippen LogP contribution in [0.25, 0.3) is 0 Å². The van der Waals surface area contributed by atoms with Crippen molar-refractivity contribution in [3.63, 3.8) is 0 Å². The molecule has 0 saturated carbocycles. The molecule has 0 aliphatic carbocycles. The smallest absolute Gasteiger partial charge is 0.0354 e. The van der Waals surface area contributed by atoms with Crippen LogP contribution in [-0.2, 0) is 0 Å². The molecule has 1 heteroatoms. The van der Waals surface area contributed by atoms with E-state index in [4.69, 9.17) is 1.37 Å². The van der Waals surface area contributed by atoms with Crippen molar-refractivity contribution in [2.75, 3.05) is 6.23 Å². The van der Waals surface area contributed by atoms with Gasteiger partial charge in [0.15, 0.2) is 0 Å². The Kier molecular flexibility index (Phi) is 2.54. The lowest BCUT2D eigenvalue weighted by atomic mass is 10.2. The van der Waals surface area contributed by atoms with Crippen LogP contribution < -0.4 is 0 Å². The fraction of sp³-hybridized carbons (Fsp3) is 0.200. The van der Waals surface area contributed by atoms with E-state index in [1.807, 2.05) is 24.3 Å². The fourth-order valence-electron chi connectivity index (χ4n) is 0.732. The third-order valence-electron chi connectivity index (χ3n) is 1.32. The van der Waals surface area contributed by atoms with Gasteiger partial charge in [-0.05, 0) is 30.5 Å². The van der Waals surface area contributed by atoms with Crippen LogP contribution in [-0.4, -0.2) is 6.23 Å². The predicted octanol–water partition coefficient (Wildman–Crippen LogP) is 2.67. The van der Waals surface area contributed by atoms with Crippen molar-refractivity contribution in [1.29, 1.82) is 0 Å². The second kappa shape index (κ2) is 4.10. The highest BCUT2D eigenvalue weighted by atomic mass is 32.2. The second-order valence-corrected chi connectivity index (χ2v) is 2.73. The molecule has 0 aliphatic heterocycles. The van der Waals surface area contributed by atoms with Gasteiger partial charge in [-0.2, -0.15) is 0 Å². The highest BCUT2D eigenvalue weighted by molar-refractivity contribution is 8.03. The zero-order chi connectivity index (χ0) is 8.81. The summed E-state index contributed by atoms with van der Waals surface area (Å²) in [5.41, 5.74) is 2.26. The first-order valence-corrected chi connectivity index (χ1v) is 4.30. The molecule has 0 aromatic heterocycles.